The minimum atomic E-state index is 0.269. The fraction of sp³-hybridized carbons (Fsp3) is 0.333. The third kappa shape index (κ3) is 2.77. The number of rotatable bonds is 4. The predicted octanol–water partition coefficient (Wildman–Crippen LogP) is 3.24. The van der Waals surface area contributed by atoms with Gasteiger partial charge in [0.25, 0.3) is 0 Å². The maximum atomic E-state index is 9.65. The molecule has 20 heavy (non-hydrogen) atoms. The lowest BCUT2D eigenvalue weighted by Crippen LogP contribution is -2.26. The van der Waals surface area contributed by atoms with Gasteiger partial charge < -0.3 is 5.11 Å². The predicted molar refractivity (Wildman–Crippen MR) is 81.2 cm³/mol. The van der Waals surface area contributed by atoms with Crippen molar-refractivity contribution in [1.29, 1.82) is 0 Å². The fourth-order valence-corrected chi connectivity index (χ4v) is 3.25. The van der Waals surface area contributed by atoms with Crippen LogP contribution in [0.15, 0.2) is 60.7 Å². The van der Waals surface area contributed by atoms with E-state index >= 15 is 0 Å². The Kier molecular flexibility index (Phi) is 4.14. The number of nitrogens with zero attached hydrogens (tertiary/aromatic N) is 1. The van der Waals surface area contributed by atoms with Crippen molar-refractivity contribution < 1.29 is 5.11 Å². The highest BCUT2D eigenvalue weighted by Crippen LogP contribution is 2.37. The number of aliphatic hydroxyl groups is 1. The van der Waals surface area contributed by atoms with Crippen molar-refractivity contribution in [3.63, 3.8) is 0 Å². The molecule has 2 heteroatoms. The Morgan fingerprint density at radius 2 is 1.60 bits per heavy atom. The van der Waals surface area contributed by atoms with E-state index in [-0.39, 0.29) is 6.61 Å². The van der Waals surface area contributed by atoms with Crippen LogP contribution >= 0.6 is 0 Å². The molecule has 1 saturated heterocycles. The van der Waals surface area contributed by atoms with Crippen molar-refractivity contribution in [3.05, 3.63) is 71.8 Å². The first kappa shape index (κ1) is 13.3. The molecule has 1 aliphatic heterocycles. The van der Waals surface area contributed by atoms with Crippen molar-refractivity contribution in [3.8, 4) is 0 Å². The number of aliphatic hydroxyl groups excluding tert-OH is 1. The molecule has 2 aromatic rings. The Morgan fingerprint density at radius 1 is 0.950 bits per heavy atom. The van der Waals surface area contributed by atoms with Crippen LogP contribution in [-0.4, -0.2) is 23.2 Å². The van der Waals surface area contributed by atoms with Crippen molar-refractivity contribution in [2.24, 2.45) is 5.92 Å². The molecular formula is C18H21NO. The molecule has 0 bridgehead atoms. The average molecular weight is 267 g/mol. The van der Waals surface area contributed by atoms with Crippen LogP contribution in [0, 0.1) is 5.92 Å². The van der Waals surface area contributed by atoms with Gasteiger partial charge in [-0.1, -0.05) is 60.7 Å². The van der Waals surface area contributed by atoms with Gasteiger partial charge in [-0.25, -0.2) is 0 Å². The zero-order chi connectivity index (χ0) is 13.8. The SMILES string of the molecule is OCC1CCN(Cc2ccccc2)C1c1ccccc1. The van der Waals surface area contributed by atoms with Gasteiger partial charge in [0.2, 0.25) is 0 Å². The van der Waals surface area contributed by atoms with Crippen molar-refractivity contribution in [2.45, 2.75) is 19.0 Å². The van der Waals surface area contributed by atoms with E-state index in [0.717, 1.165) is 19.5 Å². The van der Waals surface area contributed by atoms with Gasteiger partial charge in [0.05, 0.1) is 0 Å². The van der Waals surface area contributed by atoms with Crippen LogP contribution in [0.5, 0.6) is 0 Å². The summed E-state index contributed by atoms with van der Waals surface area (Å²) in [4.78, 5) is 2.49. The van der Waals surface area contributed by atoms with Gasteiger partial charge in [-0.3, -0.25) is 4.90 Å². The van der Waals surface area contributed by atoms with E-state index in [4.69, 9.17) is 0 Å². The molecule has 1 N–H and O–H groups in total. The summed E-state index contributed by atoms with van der Waals surface area (Å²) < 4.78 is 0. The van der Waals surface area contributed by atoms with Gasteiger partial charge in [0.15, 0.2) is 0 Å². The maximum Gasteiger partial charge on any atom is 0.0478 e. The summed E-state index contributed by atoms with van der Waals surface area (Å²) in [5.74, 6) is 0.348. The summed E-state index contributed by atoms with van der Waals surface area (Å²) in [6, 6.07) is 21.5. The summed E-state index contributed by atoms with van der Waals surface area (Å²) in [6.07, 6.45) is 1.07. The summed E-state index contributed by atoms with van der Waals surface area (Å²) >= 11 is 0. The van der Waals surface area contributed by atoms with E-state index < -0.39 is 0 Å². The lowest BCUT2D eigenvalue weighted by Gasteiger charge is -2.28. The molecular weight excluding hydrogens is 246 g/mol. The molecule has 2 unspecified atom stereocenters. The van der Waals surface area contributed by atoms with E-state index in [0.29, 0.717) is 12.0 Å². The van der Waals surface area contributed by atoms with E-state index in [1.165, 1.54) is 11.1 Å². The normalized spacial score (nSPS) is 23.1. The summed E-state index contributed by atoms with van der Waals surface area (Å²) in [5.41, 5.74) is 2.66. The van der Waals surface area contributed by atoms with Gasteiger partial charge in [-0.2, -0.15) is 0 Å². The van der Waals surface area contributed by atoms with E-state index in [2.05, 4.69) is 59.5 Å². The number of hydrogen-bond acceptors (Lipinski definition) is 2. The van der Waals surface area contributed by atoms with E-state index in [9.17, 15) is 5.11 Å². The third-order valence-corrected chi connectivity index (χ3v) is 4.23. The van der Waals surface area contributed by atoms with Crippen LogP contribution in [0.25, 0.3) is 0 Å². The van der Waals surface area contributed by atoms with Gasteiger partial charge in [0.1, 0.15) is 0 Å². The van der Waals surface area contributed by atoms with E-state index in [1.54, 1.807) is 0 Å². The highest BCUT2D eigenvalue weighted by molar-refractivity contribution is 5.22. The molecule has 0 aromatic heterocycles. The Balaban J connectivity index is 1.83. The lowest BCUT2D eigenvalue weighted by atomic mass is 9.94. The second-order valence-electron chi connectivity index (χ2n) is 5.54. The topological polar surface area (TPSA) is 23.5 Å². The van der Waals surface area contributed by atoms with Gasteiger partial charge >= 0.3 is 0 Å². The molecule has 0 saturated carbocycles. The van der Waals surface area contributed by atoms with E-state index in [1.807, 2.05) is 6.07 Å². The fourth-order valence-electron chi connectivity index (χ4n) is 3.25. The van der Waals surface area contributed by atoms with Crippen LogP contribution in [0.1, 0.15) is 23.6 Å². The monoisotopic (exact) mass is 267 g/mol. The quantitative estimate of drug-likeness (QED) is 0.919. The smallest absolute Gasteiger partial charge is 0.0478 e. The molecule has 0 spiro atoms. The largest absolute Gasteiger partial charge is 0.396 e. The molecule has 0 amide bonds. The number of benzene rings is 2. The Morgan fingerprint density at radius 3 is 2.25 bits per heavy atom. The van der Waals surface area contributed by atoms with Gasteiger partial charge in [-0.05, 0) is 24.1 Å². The minimum Gasteiger partial charge on any atom is -0.396 e. The second kappa shape index (κ2) is 6.21. The zero-order valence-corrected chi connectivity index (χ0v) is 11.7. The first-order chi connectivity index (χ1) is 9.88. The summed E-state index contributed by atoms with van der Waals surface area (Å²) in [5, 5.41) is 9.65. The molecule has 1 heterocycles. The average Bonchev–Trinajstić information content (AvgIpc) is 2.92. The van der Waals surface area contributed by atoms with Crippen molar-refractivity contribution in [2.75, 3.05) is 13.2 Å². The number of hydrogen-bond donors (Lipinski definition) is 1. The van der Waals surface area contributed by atoms with Crippen molar-refractivity contribution >= 4 is 0 Å². The molecule has 0 radical (unpaired) electrons. The first-order valence-corrected chi connectivity index (χ1v) is 7.32. The highest BCUT2D eigenvalue weighted by atomic mass is 16.3. The zero-order valence-electron chi connectivity index (χ0n) is 11.7. The molecule has 2 atom stereocenters. The molecule has 0 aliphatic carbocycles. The standard InChI is InChI=1S/C18H21NO/c20-14-17-11-12-19(13-15-7-3-1-4-8-15)18(17)16-9-5-2-6-10-16/h1-10,17-18,20H,11-14H2. The number of likely N-dealkylation sites (tertiary alicyclic amines) is 1. The second-order valence-corrected chi connectivity index (χ2v) is 5.54. The Hall–Kier alpha value is -1.64. The highest BCUT2D eigenvalue weighted by Gasteiger charge is 2.34. The summed E-state index contributed by atoms with van der Waals surface area (Å²) in [7, 11) is 0. The third-order valence-electron chi connectivity index (χ3n) is 4.23. The minimum absolute atomic E-state index is 0.269. The van der Waals surface area contributed by atoms with Crippen LogP contribution < -0.4 is 0 Å². The van der Waals surface area contributed by atoms with Crippen LogP contribution in [-0.2, 0) is 6.54 Å². The maximum absolute atomic E-state index is 9.65. The summed E-state index contributed by atoms with van der Waals surface area (Å²) in [6.45, 7) is 2.28. The van der Waals surface area contributed by atoms with Gasteiger partial charge in [0, 0.05) is 25.1 Å². The Bertz CT molecular complexity index is 526. The first-order valence-electron chi connectivity index (χ1n) is 7.32. The van der Waals surface area contributed by atoms with Crippen LogP contribution in [0.2, 0.25) is 0 Å². The van der Waals surface area contributed by atoms with Gasteiger partial charge in [-0.15, -0.1) is 0 Å². The molecule has 1 aliphatic rings. The van der Waals surface area contributed by atoms with Crippen LogP contribution in [0.4, 0.5) is 0 Å². The lowest BCUT2D eigenvalue weighted by molar-refractivity contribution is 0.162. The Labute approximate surface area is 120 Å². The molecule has 3 rings (SSSR count). The molecule has 2 nitrogen and oxygen atoms in total. The molecule has 1 fully saturated rings. The molecule has 2 aromatic carbocycles. The molecule has 104 valence electrons. The van der Waals surface area contributed by atoms with Crippen molar-refractivity contribution in [1.82, 2.24) is 4.90 Å². The van der Waals surface area contributed by atoms with Crippen LogP contribution in [0.3, 0.4) is 0 Å².